The minimum Gasteiger partial charge on any atom is -0.451 e. The molecule has 3 rings (SSSR count). The molecule has 0 atom stereocenters. The molecule has 2 aromatic carbocycles. The van der Waals surface area contributed by atoms with Crippen LogP contribution in [0.1, 0.15) is 16.1 Å². The third kappa shape index (κ3) is 3.29. The summed E-state index contributed by atoms with van der Waals surface area (Å²) in [4.78, 5) is 12.2. The predicted molar refractivity (Wildman–Crippen MR) is 83.2 cm³/mol. The Morgan fingerprint density at radius 2 is 1.65 bits per heavy atom. The van der Waals surface area contributed by atoms with Gasteiger partial charge in [0.05, 0.1) is 0 Å². The summed E-state index contributed by atoms with van der Waals surface area (Å²) in [6.07, 6.45) is 0. The van der Waals surface area contributed by atoms with Crippen LogP contribution in [0.5, 0.6) is 0 Å². The van der Waals surface area contributed by atoms with Crippen molar-refractivity contribution in [1.82, 2.24) is 0 Å². The van der Waals surface area contributed by atoms with Crippen LogP contribution in [-0.4, -0.2) is 5.91 Å². The first-order valence-corrected chi connectivity index (χ1v) is 6.96. The van der Waals surface area contributed by atoms with Crippen molar-refractivity contribution in [3.63, 3.8) is 0 Å². The van der Waals surface area contributed by atoms with Crippen molar-refractivity contribution in [2.75, 3.05) is 5.32 Å². The fourth-order valence-electron chi connectivity index (χ4n) is 2.14. The molecular weight excluding hydrogens is 300 g/mol. The highest BCUT2D eigenvalue weighted by molar-refractivity contribution is 6.03. The predicted octanol–water partition coefficient (Wildman–Crippen LogP) is 4.79. The van der Waals surface area contributed by atoms with E-state index in [0.717, 1.165) is 5.56 Å². The number of benzene rings is 2. The molecule has 116 valence electrons. The first-order chi connectivity index (χ1) is 11.0. The molecule has 1 amide bonds. The van der Waals surface area contributed by atoms with Crippen molar-refractivity contribution in [2.24, 2.45) is 0 Å². The van der Waals surface area contributed by atoms with Gasteiger partial charge in [-0.25, -0.2) is 8.78 Å². The minimum atomic E-state index is -0.480. The number of hydrogen-bond acceptors (Lipinski definition) is 2. The van der Waals surface area contributed by atoms with Gasteiger partial charge in [-0.1, -0.05) is 6.07 Å². The second-order valence-corrected chi connectivity index (χ2v) is 5.08. The highest BCUT2D eigenvalue weighted by Crippen LogP contribution is 2.23. The van der Waals surface area contributed by atoms with Gasteiger partial charge >= 0.3 is 0 Å². The van der Waals surface area contributed by atoms with Gasteiger partial charge in [0.2, 0.25) is 0 Å². The molecule has 0 unspecified atom stereocenters. The van der Waals surface area contributed by atoms with Crippen LogP contribution in [0.15, 0.2) is 59.0 Å². The zero-order valence-electron chi connectivity index (χ0n) is 12.3. The van der Waals surface area contributed by atoms with Crippen LogP contribution in [0, 0.1) is 18.6 Å². The van der Waals surface area contributed by atoms with Crippen LogP contribution in [0.4, 0.5) is 14.5 Å². The van der Waals surface area contributed by atoms with E-state index in [-0.39, 0.29) is 11.6 Å². The molecule has 1 aromatic heterocycles. The summed E-state index contributed by atoms with van der Waals surface area (Å²) in [7, 11) is 0. The Morgan fingerprint density at radius 3 is 2.39 bits per heavy atom. The summed E-state index contributed by atoms with van der Waals surface area (Å²) < 4.78 is 31.7. The van der Waals surface area contributed by atoms with E-state index in [9.17, 15) is 13.6 Å². The van der Waals surface area contributed by atoms with Crippen molar-refractivity contribution < 1.29 is 18.0 Å². The van der Waals surface area contributed by atoms with E-state index in [1.54, 1.807) is 31.2 Å². The van der Waals surface area contributed by atoms with Gasteiger partial charge in [-0.15, -0.1) is 0 Å². The number of furan rings is 1. The lowest BCUT2D eigenvalue weighted by atomic mass is 10.2. The van der Waals surface area contributed by atoms with Crippen molar-refractivity contribution in [2.45, 2.75) is 6.92 Å². The van der Waals surface area contributed by atoms with Gasteiger partial charge in [-0.05, 0) is 61.0 Å². The lowest BCUT2D eigenvalue weighted by Gasteiger charge is -2.06. The largest absolute Gasteiger partial charge is 0.451 e. The van der Waals surface area contributed by atoms with E-state index in [2.05, 4.69) is 5.32 Å². The summed E-state index contributed by atoms with van der Waals surface area (Å²) in [6.45, 7) is 1.77. The van der Waals surface area contributed by atoms with Crippen LogP contribution in [0.3, 0.4) is 0 Å². The van der Waals surface area contributed by atoms with Crippen LogP contribution in [0.2, 0.25) is 0 Å². The molecule has 5 heteroatoms. The maximum atomic E-state index is 13.3. The summed E-state index contributed by atoms with van der Waals surface area (Å²) in [5.41, 5.74) is 1.78. The van der Waals surface area contributed by atoms with Gasteiger partial charge in [0.1, 0.15) is 17.4 Å². The molecule has 0 saturated heterocycles. The number of halogens is 2. The number of carbonyl (C=O) groups excluding carboxylic acids is 1. The van der Waals surface area contributed by atoms with E-state index in [1.807, 2.05) is 0 Å². The Bertz CT molecular complexity index is 854. The second-order valence-electron chi connectivity index (χ2n) is 5.08. The fraction of sp³-hybridized carbons (Fsp3) is 0.0556. The number of nitrogens with one attached hydrogen (secondary N) is 1. The quantitative estimate of drug-likeness (QED) is 0.755. The summed E-state index contributed by atoms with van der Waals surface area (Å²) in [6, 6.07) is 13.0. The lowest BCUT2D eigenvalue weighted by Crippen LogP contribution is -2.12. The van der Waals surface area contributed by atoms with Crippen molar-refractivity contribution >= 4 is 11.6 Å². The first-order valence-electron chi connectivity index (χ1n) is 6.96. The Hall–Kier alpha value is -2.95. The van der Waals surface area contributed by atoms with Gasteiger partial charge in [0.15, 0.2) is 5.76 Å². The molecule has 23 heavy (non-hydrogen) atoms. The van der Waals surface area contributed by atoms with Crippen LogP contribution in [0.25, 0.3) is 11.3 Å². The van der Waals surface area contributed by atoms with E-state index >= 15 is 0 Å². The second kappa shape index (κ2) is 6.04. The zero-order chi connectivity index (χ0) is 16.4. The van der Waals surface area contributed by atoms with Crippen molar-refractivity contribution in [3.05, 3.63) is 77.6 Å². The Kier molecular flexibility index (Phi) is 3.93. The Labute approximate surface area is 131 Å². The molecule has 0 aliphatic carbocycles. The van der Waals surface area contributed by atoms with Gasteiger partial charge in [-0.2, -0.15) is 0 Å². The maximum Gasteiger partial charge on any atom is 0.291 e. The van der Waals surface area contributed by atoms with Crippen molar-refractivity contribution in [3.8, 4) is 11.3 Å². The highest BCUT2D eigenvalue weighted by Gasteiger charge is 2.14. The summed E-state index contributed by atoms with van der Waals surface area (Å²) in [5.74, 6) is -0.719. The van der Waals surface area contributed by atoms with E-state index in [0.29, 0.717) is 17.0 Å². The molecule has 3 aromatic rings. The molecule has 0 saturated carbocycles. The molecule has 0 spiro atoms. The lowest BCUT2D eigenvalue weighted by molar-refractivity contribution is 0.0997. The van der Waals surface area contributed by atoms with E-state index < -0.39 is 11.7 Å². The summed E-state index contributed by atoms with van der Waals surface area (Å²) in [5, 5.41) is 2.61. The fourth-order valence-corrected chi connectivity index (χ4v) is 2.14. The third-order valence-corrected chi connectivity index (χ3v) is 3.41. The smallest absolute Gasteiger partial charge is 0.291 e. The van der Waals surface area contributed by atoms with Crippen LogP contribution < -0.4 is 5.32 Å². The molecule has 0 aliphatic heterocycles. The number of aryl methyl sites for hydroxylation is 1. The molecular formula is C18H13F2NO2. The standard InChI is InChI=1S/C18H13F2NO2/c1-11-2-5-14(20)10-15(11)21-18(22)17-9-8-16(23-17)12-3-6-13(19)7-4-12/h2-10H,1H3,(H,21,22). The molecule has 0 radical (unpaired) electrons. The molecule has 1 N–H and O–H groups in total. The molecule has 1 heterocycles. The molecule has 0 aliphatic rings. The number of hydrogen-bond donors (Lipinski definition) is 1. The molecule has 0 fully saturated rings. The Morgan fingerprint density at radius 1 is 0.957 bits per heavy atom. The average Bonchev–Trinajstić information content (AvgIpc) is 3.02. The molecule has 3 nitrogen and oxygen atoms in total. The average molecular weight is 313 g/mol. The van der Waals surface area contributed by atoms with Crippen LogP contribution in [-0.2, 0) is 0 Å². The van der Waals surface area contributed by atoms with Gasteiger partial charge < -0.3 is 9.73 Å². The van der Waals surface area contributed by atoms with E-state index in [1.165, 1.54) is 30.3 Å². The maximum absolute atomic E-state index is 13.3. The minimum absolute atomic E-state index is 0.0907. The van der Waals surface area contributed by atoms with Gasteiger partial charge in [0, 0.05) is 11.3 Å². The SMILES string of the molecule is Cc1ccc(F)cc1NC(=O)c1ccc(-c2ccc(F)cc2)o1. The van der Waals surface area contributed by atoms with Gasteiger partial charge in [-0.3, -0.25) is 4.79 Å². The number of carbonyl (C=O) groups is 1. The summed E-state index contributed by atoms with van der Waals surface area (Å²) >= 11 is 0. The molecule has 0 bridgehead atoms. The highest BCUT2D eigenvalue weighted by atomic mass is 19.1. The number of anilines is 1. The van der Waals surface area contributed by atoms with E-state index in [4.69, 9.17) is 4.42 Å². The van der Waals surface area contributed by atoms with Crippen molar-refractivity contribution in [1.29, 1.82) is 0 Å². The number of rotatable bonds is 3. The monoisotopic (exact) mass is 313 g/mol. The van der Waals surface area contributed by atoms with Gasteiger partial charge in [0.25, 0.3) is 5.91 Å². The first kappa shape index (κ1) is 15.0. The third-order valence-electron chi connectivity index (χ3n) is 3.41. The zero-order valence-corrected chi connectivity index (χ0v) is 12.3. The normalized spacial score (nSPS) is 10.6. The topological polar surface area (TPSA) is 42.2 Å². The van der Waals surface area contributed by atoms with Crippen LogP contribution >= 0.6 is 0 Å². The number of amides is 1. The Balaban J connectivity index is 1.81.